The molecule has 1 N–H and O–H groups in total. The predicted octanol–water partition coefficient (Wildman–Crippen LogP) is 8.01. The molecular formula is C38H41Cl2N3O5S2. The highest BCUT2D eigenvalue weighted by Crippen LogP contribution is 2.34. The smallest absolute Gasteiger partial charge is 0.264 e. The van der Waals surface area contributed by atoms with Gasteiger partial charge in [0, 0.05) is 23.9 Å². The molecule has 0 bridgehead atoms. The fraction of sp³-hybridized carbons (Fsp3) is 0.316. The molecule has 50 heavy (non-hydrogen) atoms. The molecule has 0 unspecified atom stereocenters. The number of rotatable bonds is 15. The van der Waals surface area contributed by atoms with E-state index in [0.717, 1.165) is 40.4 Å². The third-order valence-electron chi connectivity index (χ3n) is 8.67. The Morgan fingerprint density at radius 1 is 0.900 bits per heavy atom. The van der Waals surface area contributed by atoms with Crippen LogP contribution in [0.15, 0.2) is 107 Å². The van der Waals surface area contributed by atoms with Crippen LogP contribution in [0.3, 0.4) is 0 Å². The minimum absolute atomic E-state index is 0.00176. The van der Waals surface area contributed by atoms with E-state index in [2.05, 4.69) is 5.32 Å². The fourth-order valence-electron chi connectivity index (χ4n) is 6.09. The second-order valence-corrected chi connectivity index (χ2v) is 15.6. The lowest BCUT2D eigenvalue weighted by Crippen LogP contribution is -2.54. The number of amides is 2. The topological polar surface area (TPSA) is 96.0 Å². The lowest BCUT2D eigenvalue weighted by atomic mass is 10.0. The molecule has 12 heteroatoms. The number of carbonyl (C=O) groups is 2. The highest BCUT2D eigenvalue weighted by molar-refractivity contribution is 7.98. The van der Waals surface area contributed by atoms with Crippen LogP contribution in [-0.4, -0.2) is 56.6 Å². The summed E-state index contributed by atoms with van der Waals surface area (Å²) >= 11 is 14.1. The van der Waals surface area contributed by atoms with Gasteiger partial charge in [0.1, 0.15) is 18.3 Å². The average molecular weight is 755 g/mol. The second-order valence-electron chi connectivity index (χ2n) is 12.1. The number of carbonyl (C=O) groups excluding carboxylic acids is 2. The van der Waals surface area contributed by atoms with E-state index in [-0.39, 0.29) is 42.1 Å². The zero-order valence-corrected chi connectivity index (χ0v) is 31.2. The zero-order valence-electron chi connectivity index (χ0n) is 28.1. The molecular weight excluding hydrogens is 713 g/mol. The molecule has 8 nitrogen and oxygen atoms in total. The predicted molar refractivity (Wildman–Crippen MR) is 202 cm³/mol. The molecule has 0 saturated heterocycles. The van der Waals surface area contributed by atoms with E-state index in [1.54, 1.807) is 61.5 Å². The Balaban J connectivity index is 1.60. The number of nitrogens with zero attached hydrogens (tertiary/aromatic N) is 2. The summed E-state index contributed by atoms with van der Waals surface area (Å²) in [6.45, 7) is 1.47. The first-order valence-corrected chi connectivity index (χ1v) is 20.0. The van der Waals surface area contributed by atoms with E-state index in [1.165, 1.54) is 28.8 Å². The normalized spacial score (nSPS) is 13.8. The summed E-state index contributed by atoms with van der Waals surface area (Å²) in [5, 5.41) is 3.84. The van der Waals surface area contributed by atoms with E-state index in [9.17, 15) is 18.0 Å². The lowest BCUT2D eigenvalue weighted by molar-refractivity contribution is -0.140. The van der Waals surface area contributed by atoms with Crippen molar-refractivity contribution in [3.63, 3.8) is 0 Å². The molecule has 0 aliphatic heterocycles. The number of benzene rings is 4. The fourth-order valence-corrected chi connectivity index (χ4v) is 8.24. The van der Waals surface area contributed by atoms with Crippen LogP contribution in [0, 0.1) is 0 Å². The number of thioether (sulfide) groups is 1. The Bertz CT molecular complexity index is 1870. The number of halogens is 2. The van der Waals surface area contributed by atoms with Crippen LogP contribution in [0.4, 0.5) is 5.69 Å². The third kappa shape index (κ3) is 9.34. The summed E-state index contributed by atoms with van der Waals surface area (Å²) < 4.78 is 35.9. The molecule has 4 aromatic rings. The number of sulfonamides is 1. The average Bonchev–Trinajstić information content (AvgIpc) is 3.64. The monoisotopic (exact) mass is 753 g/mol. The number of ether oxygens (including phenoxy) is 1. The molecule has 2 amide bonds. The van der Waals surface area contributed by atoms with Gasteiger partial charge in [-0.25, -0.2) is 8.42 Å². The zero-order chi connectivity index (χ0) is 35.7. The Kier molecular flexibility index (Phi) is 13.1. The van der Waals surface area contributed by atoms with Crippen LogP contribution in [0.25, 0.3) is 0 Å². The lowest BCUT2D eigenvalue weighted by Gasteiger charge is -2.34. The first-order valence-electron chi connectivity index (χ1n) is 16.6. The molecule has 0 radical (unpaired) electrons. The number of anilines is 1. The summed E-state index contributed by atoms with van der Waals surface area (Å²) in [5.74, 6) is -0.567. The summed E-state index contributed by atoms with van der Waals surface area (Å²) in [7, 11) is -4.30. The van der Waals surface area contributed by atoms with E-state index in [0.29, 0.717) is 21.4 Å². The highest BCUT2D eigenvalue weighted by atomic mass is 35.5. The molecule has 1 saturated carbocycles. The van der Waals surface area contributed by atoms with Gasteiger partial charge in [-0.1, -0.05) is 84.6 Å². The Labute approximate surface area is 309 Å². The highest BCUT2D eigenvalue weighted by Gasteiger charge is 2.36. The quantitative estimate of drug-likeness (QED) is 0.124. The van der Waals surface area contributed by atoms with Gasteiger partial charge >= 0.3 is 0 Å². The summed E-state index contributed by atoms with van der Waals surface area (Å²) in [6, 6.07) is 26.8. The Hall–Kier alpha value is -3.70. The first-order chi connectivity index (χ1) is 24.1. The van der Waals surface area contributed by atoms with Gasteiger partial charge in [0.2, 0.25) is 11.8 Å². The van der Waals surface area contributed by atoms with Crippen molar-refractivity contribution in [3.8, 4) is 5.75 Å². The van der Waals surface area contributed by atoms with Crippen molar-refractivity contribution in [1.82, 2.24) is 10.2 Å². The van der Waals surface area contributed by atoms with Gasteiger partial charge in [-0.3, -0.25) is 13.9 Å². The number of hydrogen-bond acceptors (Lipinski definition) is 6. The van der Waals surface area contributed by atoms with Crippen molar-refractivity contribution in [2.24, 2.45) is 0 Å². The molecule has 5 rings (SSSR count). The summed E-state index contributed by atoms with van der Waals surface area (Å²) in [6.07, 6.45) is 5.88. The summed E-state index contributed by atoms with van der Waals surface area (Å²) in [5.41, 5.74) is 1.70. The van der Waals surface area contributed by atoms with Crippen LogP contribution >= 0.6 is 35.0 Å². The van der Waals surface area contributed by atoms with Crippen LogP contribution in [0.1, 0.15) is 43.7 Å². The molecule has 1 atom stereocenters. The van der Waals surface area contributed by atoms with Gasteiger partial charge in [-0.05, 0) is 85.7 Å². The van der Waals surface area contributed by atoms with Gasteiger partial charge in [-0.2, -0.15) is 0 Å². The van der Waals surface area contributed by atoms with Gasteiger partial charge in [0.15, 0.2) is 0 Å². The van der Waals surface area contributed by atoms with Crippen LogP contribution < -0.4 is 14.4 Å². The Morgan fingerprint density at radius 3 is 2.24 bits per heavy atom. The molecule has 0 spiro atoms. The van der Waals surface area contributed by atoms with E-state index < -0.39 is 28.5 Å². The standard InChI is InChI=1S/C38H41Cl2N3O5S2/c1-3-48-36-16-10-9-15-34(36)43(50(46,47)31-20-18-30(49-2)19-21-31)26-37(44)42(25-28-17-22-32(39)33(40)23-28)35(24-27-11-5-4-6-12-27)38(45)41-29-13-7-8-14-29/h4-6,9-12,15-23,29,35H,3,7-8,13-14,24-26H2,1-2H3,(H,41,45)/t35-/m0/s1. The maximum Gasteiger partial charge on any atom is 0.264 e. The molecule has 1 fully saturated rings. The second kappa shape index (κ2) is 17.5. The van der Waals surface area contributed by atoms with Crippen molar-refractivity contribution in [1.29, 1.82) is 0 Å². The van der Waals surface area contributed by atoms with Gasteiger partial charge in [0.25, 0.3) is 10.0 Å². The van der Waals surface area contributed by atoms with Crippen molar-refractivity contribution in [2.45, 2.75) is 67.4 Å². The molecule has 0 heterocycles. The number of para-hydroxylation sites is 2. The molecule has 1 aliphatic rings. The SMILES string of the molecule is CCOc1ccccc1N(CC(=O)N(Cc1ccc(Cl)c(Cl)c1)[C@@H](Cc1ccccc1)C(=O)NC1CCCC1)S(=O)(=O)c1ccc(SC)cc1. The summed E-state index contributed by atoms with van der Waals surface area (Å²) in [4.78, 5) is 31.4. The van der Waals surface area contributed by atoms with Crippen LogP contribution in [0.5, 0.6) is 5.75 Å². The maximum absolute atomic E-state index is 14.8. The van der Waals surface area contributed by atoms with E-state index in [4.69, 9.17) is 27.9 Å². The number of hydrogen-bond donors (Lipinski definition) is 1. The minimum atomic E-state index is -4.30. The van der Waals surface area contributed by atoms with Crippen LogP contribution in [0.2, 0.25) is 10.0 Å². The van der Waals surface area contributed by atoms with E-state index >= 15 is 0 Å². The van der Waals surface area contributed by atoms with Crippen LogP contribution in [-0.2, 0) is 32.6 Å². The van der Waals surface area contributed by atoms with Gasteiger partial charge in [-0.15, -0.1) is 11.8 Å². The van der Waals surface area contributed by atoms with Crippen molar-refractivity contribution in [2.75, 3.05) is 23.7 Å². The molecule has 4 aromatic carbocycles. The minimum Gasteiger partial charge on any atom is -0.492 e. The first kappa shape index (κ1) is 37.6. The molecule has 0 aromatic heterocycles. The van der Waals surface area contributed by atoms with Crippen molar-refractivity contribution >= 4 is 62.5 Å². The van der Waals surface area contributed by atoms with Crippen molar-refractivity contribution < 1.29 is 22.7 Å². The third-order valence-corrected chi connectivity index (χ3v) is 11.9. The number of nitrogens with one attached hydrogen (secondary N) is 1. The van der Waals surface area contributed by atoms with Gasteiger partial charge < -0.3 is 15.0 Å². The molecule has 264 valence electrons. The molecule has 1 aliphatic carbocycles. The Morgan fingerprint density at radius 2 is 1.58 bits per heavy atom. The van der Waals surface area contributed by atoms with E-state index in [1.807, 2.05) is 36.6 Å². The maximum atomic E-state index is 14.8. The largest absolute Gasteiger partial charge is 0.492 e. The van der Waals surface area contributed by atoms with Gasteiger partial charge in [0.05, 0.1) is 27.2 Å². The van der Waals surface area contributed by atoms with Crippen molar-refractivity contribution in [3.05, 3.63) is 118 Å².